The molecule has 4 heterocycles. The predicted molar refractivity (Wildman–Crippen MR) is 102 cm³/mol. The number of hydrogen-bond donors (Lipinski definition) is 2. The van der Waals surface area contributed by atoms with Crippen molar-refractivity contribution >= 4 is 34.2 Å². The topological polar surface area (TPSA) is 104 Å². The Morgan fingerprint density at radius 3 is 2.89 bits per heavy atom. The van der Waals surface area contributed by atoms with Gasteiger partial charge in [0.25, 0.3) is 5.91 Å². The van der Waals surface area contributed by atoms with Crippen LogP contribution in [0.15, 0.2) is 41.2 Å². The van der Waals surface area contributed by atoms with Crippen LogP contribution in [0.4, 0.5) is 5.82 Å². The minimum absolute atomic E-state index is 0.0332. The van der Waals surface area contributed by atoms with Gasteiger partial charge in [-0.25, -0.2) is 4.98 Å². The van der Waals surface area contributed by atoms with Crippen LogP contribution < -0.4 is 5.32 Å². The Morgan fingerprint density at radius 2 is 2.18 bits per heavy atom. The van der Waals surface area contributed by atoms with Crippen LogP contribution >= 0.6 is 0 Å². The molecule has 8 nitrogen and oxygen atoms in total. The van der Waals surface area contributed by atoms with Crippen molar-refractivity contribution in [2.75, 3.05) is 18.4 Å². The molecule has 0 aromatic carbocycles. The van der Waals surface area contributed by atoms with Crippen molar-refractivity contribution in [3.63, 3.8) is 0 Å². The van der Waals surface area contributed by atoms with Crippen LogP contribution in [0.2, 0.25) is 0 Å². The second-order valence-corrected chi connectivity index (χ2v) is 7.17. The molecule has 0 unspecified atom stereocenters. The second kappa shape index (κ2) is 6.63. The molecule has 28 heavy (non-hydrogen) atoms. The highest BCUT2D eigenvalue weighted by molar-refractivity contribution is 5.97. The molecule has 1 aliphatic carbocycles. The van der Waals surface area contributed by atoms with E-state index in [0.29, 0.717) is 25.3 Å². The summed E-state index contributed by atoms with van der Waals surface area (Å²) in [5.74, 6) is 0.799. The minimum Gasteiger partial charge on any atom is -0.351 e. The minimum atomic E-state index is -0.160. The Morgan fingerprint density at radius 1 is 1.29 bits per heavy atom. The van der Waals surface area contributed by atoms with E-state index >= 15 is 0 Å². The number of nitrogens with zero attached hydrogens (tertiary/aromatic N) is 3. The normalized spacial score (nSPS) is 16.9. The first-order valence-electron chi connectivity index (χ1n) is 9.37. The summed E-state index contributed by atoms with van der Waals surface area (Å²) in [7, 11) is 0. The number of H-pyrrole nitrogens is 1. The zero-order valence-corrected chi connectivity index (χ0v) is 15.1. The zero-order valence-electron chi connectivity index (χ0n) is 15.1. The van der Waals surface area contributed by atoms with Gasteiger partial charge >= 0.3 is 0 Å². The number of rotatable bonds is 4. The van der Waals surface area contributed by atoms with Gasteiger partial charge in [-0.2, -0.15) is 0 Å². The molecule has 8 heteroatoms. The largest absolute Gasteiger partial charge is 0.351 e. The SMILES string of the molecule is O=C(Nc1cc(C2=CCN(C(=O)c3ccno3)CC2)c2cc[nH]c2n1)C1CC1. The molecule has 2 amide bonds. The van der Waals surface area contributed by atoms with Crippen molar-refractivity contribution in [3.8, 4) is 0 Å². The van der Waals surface area contributed by atoms with Gasteiger partial charge in [-0.15, -0.1) is 0 Å². The maximum Gasteiger partial charge on any atom is 0.292 e. The van der Waals surface area contributed by atoms with Crippen molar-refractivity contribution in [3.05, 3.63) is 48.0 Å². The molecule has 0 saturated heterocycles. The zero-order chi connectivity index (χ0) is 19.1. The van der Waals surface area contributed by atoms with Crippen LogP contribution in [0.3, 0.4) is 0 Å². The summed E-state index contributed by atoms with van der Waals surface area (Å²) in [5, 5.41) is 7.53. The molecule has 0 spiro atoms. The van der Waals surface area contributed by atoms with Crippen molar-refractivity contribution in [2.45, 2.75) is 19.3 Å². The van der Waals surface area contributed by atoms with E-state index in [1.807, 2.05) is 24.4 Å². The van der Waals surface area contributed by atoms with Gasteiger partial charge in [0.2, 0.25) is 11.7 Å². The third kappa shape index (κ3) is 3.06. The predicted octanol–water partition coefficient (Wildman–Crippen LogP) is 2.83. The molecule has 1 saturated carbocycles. The Labute approximate surface area is 160 Å². The first-order valence-corrected chi connectivity index (χ1v) is 9.37. The van der Waals surface area contributed by atoms with E-state index in [2.05, 4.69) is 20.4 Å². The smallest absolute Gasteiger partial charge is 0.292 e. The molecule has 5 rings (SSSR count). The Hall–Kier alpha value is -3.42. The van der Waals surface area contributed by atoms with Crippen molar-refractivity contribution in [1.82, 2.24) is 20.0 Å². The fourth-order valence-electron chi connectivity index (χ4n) is 3.52. The monoisotopic (exact) mass is 377 g/mol. The summed E-state index contributed by atoms with van der Waals surface area (Å²) < 4.78 is 4.97. The maximum absolute atomic E-state index is 12.4. The number of anilines is 1. The fraction of sp³-hybridized carbons (Fsp3) is 0.300. The molecular formula is C20H19N5O3. The molecule has 1 fully saturated rings. The van der Waals surface area contributed by atoms with Crippen LogP contribution in [-0.4, -0.2) is 44.9 Å². The lowest BCUT2D eigenvalue weighted by Gasteiger charge is -2.26. The summed E-state index contributed by atoms with van der Waals surface area (Å²) in [6.45, 7) is 1.08. The van der Waals surface area contributed by atoms with Crippen molar-refractivity contribution in [2.24, 2.45) is 5.92 Å². The van der Waals surface area contributed by atoms with Gasteiger partial charge in [0.05, 0.1) is 6.20 Å². The molecular weight excluding hydrogens is 358 g/mol. The van der Waals surface area contributed by atoms with Crippen LogP contribution in [0, 0.1) is 5.92 Å². The quantitative estimate of drug-likeness (QED) is 0.728. The fourth-order valence-corrected chi connectivity index (χ4v) is 3.52. The second-order valence-electron chi connectivity index (χ2n) is 7.17. The van der Waals surface area contributed by atoms with Crippen molar-refractivity contribution < 1.29 is 14.1 Å². The summed E-state index contributed by atoms with van der Waals surface area (Å²) in [6.07, 6.45) is 7.96. The molecule has 2 N–H and O–H groups in total. The average molecular weight is 377 g/mol. The Kier molecular flexibility index (Phi) is 3.96. The lowest BCUT2D eigenvalue weighted by Crippen LogP contribution is -2.34. The first-order chi connectivity index (χ1) is 13.7. The first kappa shape index (κ1) is 16.7. The molecule has 3 aromatic rings. The van der Waals surface area contributed by atoms with Crippen LogP contribution in [0.25, 0.3) is 16.6 Å². The van der Waals surface area contributed by atoms with E-state index in [-0.39, 0.29) is 23.5 Å². The average Bonchev–Trinajstić information content (AvgIpc) is 3.22. The van der Waals surface area contributed by atoms with Crippen molar-refractivity contribution in [1.29, 1.82) is 0 Å². The number of nitrogens with one attached hydrogen (secondary N) is 2. The van der Waals surface area contributed by atoms with E-state index in [1.165, 1.54) is 6.20 Å². The lowest BCUT2D eigenvalue weighted by molar-refractivity contribution is -0.117. The molecule has 142 valence electrons. The van der Waals surface area contributed by atoms with E-state index < -0.39 is 0 Å². The Bertz CT molecular complexity index is 1080. The highest BCUT2D eigenvalue weighted by Gasteiger charge is 2.30. The molecule has 2 aliphatic rings. The molecule has 0 atom stereocenters. The summed E-state index contributed by atoms with van der Waals surface area (Å²) in [6, 6.07) is 5.48. The van der Waals surface area contributed by atoms with Gasteiger partial charge in [0.15, 0.2) is 0 Å². The summed E-state index contributed by atoms with van der Waals surface area (Å²) in [4.78, 5) is 33.9. The maximum atomic E-state index is 12.4. The standard InChI is InChI=1S/C20H19N5O3/c26-19(13-1-2-13)24-17-11-15(14-3-7-21-18(14)23-17)12-5-9-25(10-6-12)20(27)16-4-8-22-28-16/h3-5,7-8,11,13H,1-2,6,9-10H2,(H2,21,23,24,26). The third-order valence-electron chi connectivity index (χ3n) is 5.22. The highest BCUT2D eigenvalue weighted by Crippen LogP contribution is 2.33. The van der Waals surface area contributed by atoms with Gasteiger partial charge in [-0.1, -0.05) is 11.2 Å². The number of pyridine rings is 1. The van der Waals surface area contributed by atoms with Gasteiger partial charge in [-0.3, -0.25) is 9.59 Å². The molecule has 1 aliphatic heterocycles. The highest BCUT2D eigenvalue weighted by atomic mass is 16.5. The number of aromatic nitrogens is 3. The third-order valence-corrected chi connectivity index (χ3v) is 5.22. The number of aromatic amines is 1. The number of amides is 2. The van der Waals surface area contributed by atoms with Gasteiger partial charge in [0.1, 0.15) is 11.5 Å². The Balaban J connectivity index is 1.41. The lowest BCUT2D eigenvalue weighted by atomic mass is 9.97. The van der Waals surface area contributed by atoms with E-state index in [9.17, 15) is 9.59 Å². The number of hydrogen-bond acceptors (Lipinski definition) is 5. The number of carbonyl (C=O) groups excluding carboxylic acids is 2. The van der Waals surface area contributed by atoms with Gasteiger partial charge < -0.3 is 19.7 Å². The summed E-state index contributed by atoms with van der Waals surface area (Å²) >= 11 is 0. The summed E-state index contributed by atoms with van der Waals surface area (Å²) in [5.41, 5.74) is 2.91. The van der Waals surface area contributed by atoms with Crippen LogP contribution in [0.5, 0.6) is 0 Å². The van der Waals surface area contributed by atoms with Gasteiger partial charge in [0, 0.05) is 36.7 Å². The van der Waals surface area contributed by atoms with Crippen LogP contribution in [0.1, 0.15) is 35.4 Å². The van der Waals surface area contributed by atoms with Gasteiger partial charge in [-0.05, 0) is 42.5 Å². The van der Waals surface area contributed by atoms with E-state index in [4.69, 9.17) is 4.52 Å². The molecule has 0 bridgehead atoms. The van der Waals surface area contributed by atoms with E-state index in [0.717, 1.165) is 35.0 Å². The number of fused-ring (bicyclic) bond motifs is 1. The number of carbonyl (C=O) groups is 2. The molecule has 0 radical (unpaired) electrons. The van der Waals surface area contributed by atoms with Crippen LogP contribution in [-0.2, 0) is 4.79 Å². The van der Waals surface area contributed by atoms with E-state index in [1.54, 1.807) is 11.0 Å². The molecule has 3 aromatic heterocycles.